The van der Waals surface area contributed by atoms with Crippen molar-refractivity contribution in [3.8, 4) is 5.75 Å². The highest BCUT2D eigenvalue weighted by atomic mass is 35.5. The van der Waals surface area contributed by atoms with Crippen LogP contribution in [0.2, 0.25) is 5.02 Å². The highest BCUT2D eigenvalue weighted by Gasteiger charge is 2.54. The van der Waals surface area contributed by atoms with Gasteiger partial charge in [0.2, 0.25) is 0 Å². The fourth-order valence-electron chi connectivity index (χ4n) is 3.88. The van der Waals surface area contributed by atoms with Crippen molar-refractivity contribution < 1.29 is 14.4 Å². The van der Waals surface area contributed by atoms with Crippen LogP contribution in [0.4, 0.5) is 5.69 Å². The zero-order chi connectivity index (χ0) is 17.4. The van der Waals surface area contributed by atoms with E-state index >= 15 is 0 Å². The summed E-state index contributed by atoms with van der Waals surface area (Å²) in [7, 11) is 1.66. The molecule has 0 aromatic heterocycles. The molecule has 5 heteroatoms. The van der Waals surface area contributed by atoms with Gasteiger partial charge in [-0.05, 0) is 49.2 Å². The lowest BCUT2D eigenvalue weighted by molar-refractivity contribution is -0.538. The van der Waals surface area contributed by atoms with Crippen molar-refractivity contribution in [2.45, 2.75) is 25.0 Å². The fraction of sp³-hybridized carbons (Fsp3) is 0.350. The number of halogens is 1. The van der Waals surface area contributed by atoms with Gasteiger partial charge in [0.15, 0.2) is 6.54 Å². The van der Waals surface area contributed by atoms with E-state index < -0.39 is 5.72 Å². The maximum atomic E-state index is 11.7. The van der Waals surface area contributed by atoms with Gasteiger partial charge in [-0.3, -0.25) is 4.58 Å². The van der Waals surface area contributed by atoms with E-state index in [1.165, 1.54) is 5.84 Å². The summed E-state index contributed by atoms with van der Waals surface area (Å²) in [5, 5.41) is 12.4. The number of benzene rings is 2. The number of methoxy groups -OCH3 is 1. The zero-order valence-corrected chi connectivity index (χ0v) is 15.0. The number of ether oxygens (including phenoxy) is 1. The van der Waals surface area contributed by atoms with Gasteiger partial charge in [0, 0.05) is 17.0 Å². The van der Waals surface area contributed by atoms with Gasteiger partial charge in [-0.25, -0.2) is 0 Å². The molecule has 0 saturated carbocycles. The molecular weight excluding hydrogens is 336 g/mol. The Kier molecular flexibility index (Phi) is 4.18. The molecule has 2 aliphatic rings. The number of hydrogen-bond acceptors (Lipinski definition) is 3. The molecule has 2 aromatic carbocycles. The standard InChI is InChI=1S/C20H22ClN2O2/c1-25-18-11-9-17(10-12-18)23-19-4-2-3-13-22(19)14-20(23,24)15-5-7-16(21)8-6-15/h5-12,24H,2-4,13-14H2,1H3/q+1/t20-/m0/s1. The van der Waals surface area contributed by atoms with Crippen molar-refractivity contribution >= 4 is 23.1 Å². The monoisotopic (exact) mass is 357 g/mol. The molecule has 2 heterocycles. The van der Waals surface area contributed by atoms with E-state index in [-0.39, 0.29) is 0 Å². The largest absolute Gasteiger partial charge is 0.497 e. The molecule has 0 aliphatic carbocycles. The molecule has 0 amide bonds. The van der Waals surface area contributed by atoms with Gasteiger partial charge in [0.25, 0.3) is 11.6 Å². The third-order valence-electron chi connectivity index (χ3n) is 5.12. The van der Waals surface area contributed by atoms with Crippen molar-refractivity contribution in [1.29, 1.82) is 0 Å². The van der Waals surface area contributed by atoms with Crippen molar-refractivity contribution in [1.82, 2.24) is 0 Å². The summed E-state index contributed by atoms with van der Waals surface area (Å²) >= 11 is 6.05. The quantitative estimate of drug-likeness (QED) is 0.852. The van der Waals surface area contributed by atoms with Gasteiger partial charge in [-0.2, -0.15) is 4.90 Å². The molecule has 0 fully saturated rings. The van der Waals surface area contributed by atoms with Crippen LogP contribution in [0.1, 0.15) is 24.8 Å². The van der Waals surface area contributed by atoms with Crippen LogP contribution in [0.15, 0.2) is 48.5 Å². The van der Waals surface area contributed by atoms with Gasteiger partial charge in [0.1, 0.15) is 11.4 Å². The highest BCUT2D eigenvalue weighted by molar-refractivity contribution is 6.30. The number of aliphatic hydroxyl groups is 1. The van der Waals surface area contributed by atoms with Crippen LogP contribution in [0.25, 0.3) is 0 Å². The summed E-state index contributed by atoms with van der Waals surface area (Å²) in [4.78, 5) is 2.08. The fourth-order valence-corrected chi connectivity index (χ4v) is 4.00. The average molecular weight is 358 g/mol. The lowest BCUT2D eigenvalue weighted by Crippen LogP contribution is -2.47. The lowest BCUT2D eigenvalue weighted by Gasteiger charge is -2.29. The van der Waals surface area contributed by atoms with Gasteiger partial charge >= 0.3 is 0 Å². The second-order valence-electron chi connectivity index (χ2n) is 6.65. The minimum absolute atomic E-state index is 0.565. The van der Waals surface area contributed by atoms with Crippen molar-refractivity contribution in [2.75, 3.05) is 25.1 Å². The number of hydrogen-bond donors (Lipinski definition) is 1. The Bertz CT molecular complexity index is 801. The van der Waals surface area contributed by atoms with E-state index in [9.17, 15) is 5.11 Å². The summed E-state index contributed by atoms with van der Waals surface area (Å²) in [5.74, 6) is 2.00. The first-order valence-corrected chi connectivity index (χ1v) is 9.03. The molecule has 0 unspecified atom stereocenters. The first kappa shape index (κ1) is 16.4. The van der Waals surface area contributed by atoms with Crippen LogP contribution in [0, 0.1) is 0 Å². The molecule has 0 saturated heterocycles. The van der Waals surface area contributed by atoms with Crippen LogP contribution in [0.5, 0.6) is 5.75 Å². The average Bonchev–Trinajstić information content (AvgIpc) is 2.95. The Morgan fingerprint density at radius 1 is 1.08 bits per heavy atom. The molecule has 2 aliphatic heterocycles. The second-order valence-corrected chi connectivity index (χ2v) is 7.09. The van der Waals surface area contributed by atoms with E-state index in [0.29, 0.717) is 11.6 Å². The summed E-state index contributed by atoms with van der Waals surface area (Å²) in [5.41, 5.74) is 0.728. The van der Waals surface area contributed by atoms with E-state index in [0.717, 1.165) is 42.8 Å². The van der Waals surface area contributed by atoms with Crippen LogP contribution in [-0.2, 0) is 5.72 Å². The van der Waals surface area contributed by atoms with Gasteiger partial charge < -0.3 is 9.84 Å². The Morgan fingerprint density at radius 3 is 2.48 bits per heavy atom. The number of nitrogens with zero attached hydrogens (tertiary/aromatic N) is 2. The van der Waals surface area contributed by atoms with E-state index in [4.69, 9.17) is 16.3 Å². The smallest absolute Gasteiger partial charge is 0.275 e. The van der Waals surface area contributed by atoms with Crippen LogP contribution in [-0.4, -0.2) is 35.7 Å². The zero-order valence-electron chi connectivity index (χ0n) is 14.3. The Morgan fingerprint density at radius 2 is 1.80 bits per heavy atom. The molecule has 0 bridgehead atoms. The molecule has 25 heavy (non-hydrogen) atoms. The Balaban J connectivity index is 1.81. The first-order chi connectivity index (χ1) is 12.1. The van der Waals surface area contributed by atoms with Crippen LogP contribution in [0.3, 0.4) is 0 Å². The molecular formula is C20H22ClN2O2+. The van der Waals surface area contributed by atoms with E-state index in [2.05, 4.69) is 9.48 Å². The summed E-state index contributed by atoms with van der Waals surface area (Å²) in [6, 6.07) is 15.4. The van der Waals surface area contributed by atoms with Gasteiger partial charge in [-0.15, -0.1) is 0 Å². The molecule has 1 atom stereocenters. The predicted octanol–water partition coefficient (Wildman–Crippen LogP) is 3.61. The summed E-state index contributed by atoms with van der Waals surface area (Å²) < 4.78 is 7.58. The van der Waals surface area contributed by atoms with Crippen LogP contribution < -0.4 is 9.64 Å². The predicted molar refractivity (Wildman–Crippen MR) is 99.7 cm³/mol. The third kappa shape index (κ3) is 2.79. The summed E-state index contributed by atoms with van der Waals surface area (Å²) in [6.45, 7) is 1.55. The van der Waals surface area contributed by atoms with Crippen LogP contribution >= 0.6 is 11.6 Å². The normalized spacial score (nSPS) is 22.9. The maximum absolute atomic E-state index is 11.7. The van der Waals surface area contributed by atoms with Gasteiger partial charge in [0.05, 0.1) is 13.7 Å². The minimum atomic E-state index is -1.10. The second kappa shape index (κ2) is 6.36. The molecule has 2 aromatic rings. The maximum Gasteiger partial charge on any atom is 0.275 e. The van der Waals surface area contributed by atoms with E-state index in [1.54, 1.807) is 7.11 Å². The van der Waals surface area contributed by atoms with E-state index in [1.807, 2.05) is 48.5 Å². The van der Waals surface area contributed by atoms with Gasteiger partial charge in [-0.1, -0.05) is 23.7 Å². The van der Waals surface area contributed by atoms with Crippen molar-refractivity contribution in [3.05, 3.63) is 59.1 Å². The minimum Gasteiger partial charge on any atom is -0.497 e. The number of rotatable bonds is 3. The number of anilines is 1. The first-order valence-electron chi connectivity index (χ1n) is 8.65. The topological polar surface area (TPSA) is 35.7 Å². The molecule has 4 rings (SSSR count). The summed E-state index contributed by atoms with van der Waals surface area (Å²) in [6.07, 6.45) is 3.29. The SMILES string of the molecule is COc1ccc(N2C3=[N+](CCCC3)C[C@]2(O)c2ccc(Cl)cc2)cc1. The molecule has 1 N–H and O–H groups in total. The molecule has 4 nitrogen and oxygen atoms in total. The lowest BCUT2D eigenvalue weighted by atomic mass is 10.0. The molecule has 130 valence electrons. The Labute approximate surface area is 152 Å². The highest BCUT2D eigenvalue weighted by Crippen LogP contribution is 2.38. The Hall–Kier alpha value is -2.04. The van der Waals surface area contributed by atoms with Crippen molar-refractivity contribution in [3.63, 3.8) is 0 Å². The number of amidine groups is 1. The third-order valence-corrected chi connectivity index (χ3v) is 5.37. The molecule has 0 radical (unpaired) electrons. The molecule has 0 spiro atoms. The van der Waals surface area contributed by atoms with Crippen molar-refractivity contribution in [2.24, 2.45) is 0 Å².